The number of benzene rings is 2. The van der Waals surface area contributed by atoms with Crippen LogP contribution in [0.3, 0.4) is 0 Å². The Balaban J connectivity index is 1.58. The molecule has 0 aliphatic carbocycles. The van der Waals surface area contributed by atoms with Gasteiger partial charge in [-0.05, 0) is 36.4 Å². The number of alkyl halides is 3. The topological polar surface area (TPSA) is 115 Å². The van der Waals surface area contributed by atoms with Crippen LogP contribution < -0.4 is 20.1 Å². The van der Waals surface area contributed by atoms with Crippen LogP contribution in [0.4, 0.5) is 29.5 Å². The quantitative estimate of drug-likeness (QED) is 0.474. The highest BCUT2D eigenvalue weighted by Gasteiger charge is 2.31. The zero-order valence-electron chi connectivity index (χ0n) is 16.3. The van der Waals surface area contributed by atoms with Crippen LogP contribution in [0.1, 0.15) is 10.6 Å². The lowest BCUT2D eigenvalue weighted by atomic mass is 10.3. The summed E-state index contributed by atoms with van der Waals surface area (Å²) in [4.78, 5) is 27.4. The van der Waals surface area contributed by atoms with Gasteiger partial charge in [0.2, 0.25) is 5.82 Å². The first-order valence-corrected chi connectivity index (χ1v) is 9.12. The molecule has 3 aromatic rings. The van der Waals surface area contributed by atoms with E-state index in [2.05, 4.69) is 20.4 Å². The molecule has 0 aliphatic rings. The van der Waals surface area contributed by atoms with Crippen molar-refractivity contribution in [2.24, 2.45) is 0 Å². The molecule has 3 N–H and O–H groups in total. The van der Waals surface area contributed by atoms with Gasteiger partial charge < -0.3 is 24.5 Å². The Hall–Kier alpha value is -4.22. The minimum atomic E-state index is -4.82. The van der Waals surface area contributed by atoms with Gasteiger partial charge in [0.1, 0.15) is 18.1 Å². The molecule has 0 bridgehead atoms. The standard InChI is InChI=1S/C20H17F3N4O5/c21-20(22,23)32-15-8-6-13(7-9-15)24-19(30)26-16-12-27(17(25-16)18(28)29)10-11-31-14-4-2-1-3-5-14/h1-9,12H,10-11H2,(H,28,29)(H2,24,26,30). The van der Waals surface area contributed by atoms with Gasteiger partial charge >= 0.3 is 18.4 Å². The van der Waals surface area contributed by atoms with Gasteiger partial charge in [0.25, 0.3) is 0 Å². The third-order valence-corrected chi connectivity index (χ3v) is 3.90. The van der Waals surface area contributed by atoms with E-state index in [1.807, 2.05) is 6.07 Å². The summed E-state index contributed by atoms with van der Waals surface area (Å²) in [5.41, 5.74) is 0.186. The lowest BCUT2D eigenvalue weighted by molar-refractivity contribution is -0.274. The van der Waals surface area contributed by atoms with Crippen molar-refractivity contribution >= 4 is 23.5 Å². The van der Waals surface area contributed by atoms with Crippen LogP contribution in [0.15, 0.2) is 60.8 Å². The molecular formula is C20H17F3N4O5. The van der Waals surface area contributed by atoms with E-state index in [9.17, 15) is 27.9 Å². The van der Waals surface area contributed by atoms with Gasteiger partial charge in [-0.25, -0.2) is 14.6 Å². The first kappa shape index (κ1) is 22.5. The molecule has 0 aliphatic heterocycles. The molecule has 12 heteroatoms. The molecule has 0 saturated carbocycles. The lowest BCUT2D eigenvalue weighted by Crippen LogP contribution is -2.20. The molecule has 3 rings (SSSR count). The number of anilines is 2. The number of hydrogen-bond acceptors (Lipinski definition) is 5. The number of rotatable bonds is 8. The highest BCUT2D eigenvalue weighted by atomic mass is 19.4. The number of carboxylic acid groups (broad SMARTS) is 1. The summed E-state index contributed by atoms with van der Waals surface area (Å²) in [6.45, 7) is 0.326. The van der Waals surface area contributed by atoms with Crippen molar-refractivity contribution in [3.63, 3.8) is 0 Å². The molecule has 168 valence electrons. The van der Waals surface area contributed by atoms with E-state index >= 15 is 0 Å². The molecular weight excluding hydrogens is 433 g/mol. The number of imidazole rings is 1. The largest absolute Gasteiger partial charge is 0.573 e. The van der Waals surface area contributed by atoms with Crippen molar-refractivity contribution in [2.45, 2.75) is 12.9 Å². The number of carboxylic acids is 1. The Kier molecular flexibility index (Phi) is 6.83. The van der Waals surface area contributed by atoms with Crippen molar-refractivity contribution in [2.75, 3.05) is 17.2 Å². The number of nitrogens with one attached hydrogen (secondary N) is 2. The van der Waals surface area contributed by atoms with Crippen LogP contribution in [0.5, 0.6) is 11.5 Å². The number of urea groups is 1. The molecule has 2 amide bonds. The summed E-state index contributed by atoms with van der Waals surface area (Å²) in [5, 5.41) is 14.1. The predicted octanol–water partition coefficient (Wildman–Crippen LogP) is 4.20. The van der Waals surface area contributed by atoms with Crippen molar-refractivity contribution < 1.29 is 37.3 Å². The van der Waals surface area contributed by atoms with Crippen molar-refractivity contribution in [1.29, 1.82) is 0 Å². The minimum absolute atomic E-state index is 0.0309. The average Bonchev–Trinajstić information content (AvgIpc) is 3.12. The van der Waals surface area contributed by atoms with E-state index in [4.69, 9.17) is 4.74 Å². The number of carbonyl (C=O) groups is 2. The van der Waals surface area contributed by atoms with Crippen molar-refractivity contribution in [1.82, 2.24) is 9.55 Å². The fourth-order valence-electron chi connectivity index (χ4n) is 2.61. The summed E-state index contributed by atoms with van der Waals surface area (Å²) in [6.07, 6.45) is -3.49. The van der Waals surface area contributed by atoms with Gasteiger partial charge in [-0.2, -0.15) is 0 Å². The van der Waals surface area contributed by atoms with Crippen LogP contribution in [0, 0.1) is 0 Å². The fraction of sp³-hybridized carbons (Fsp3) is 0.150. The summed E-state index contributed by atoms with van der Waals surface area (Å²) in [7, 11) is 0. The summed E-state index contributed by atoms with van der Waals surface area (Å²) in [5.74, 6) is -1.44. The van der Waals surface area contributed by atoms with E-state index in [-0.39, 0.29) is 30.5 Å². The molecule has 0 unspecified atom stereocenters. The van der Waals surface area contributed by atoms with Gasteiger partial charge in [-0.1, -0.05) is 18.2 Å². The number of para-hydroxylation sites is 1. The van der Waals surface area contributed by atoms with Gasteiger partial charge in [-0.3, -0.25) is 5.32 Å². The molecule has 0 saturated heterocycles. The molecule has 0 spiro atoms. The summed E-state index contributed by atoms with van der Waals surface area (Å²) >= 11 is 0. The highest BCUT2D eigenvalue weighted by Crippen LogP contribution is 2.24. The van der Waals surface area contributed by atoms with Gasteiger partial charge in [-0.15, -0.1) is 13.2 Å². The van der Waals surface area contributed by atoms with Crippen LogP contribution in [-0.2, 0) is 6.54 Å². The van der Waals surface area contributed by atoms with E-state index < -0.39 is 24.1 Å². The lowest BCUT2D eigenvalue weighted by Gasteiger charge is -2.10. The van der Waals surface area contributed by atoms with Crippen LogP contribution in [0.25, 0.3) is 0 Å². The van der Waals surface area contributed by atoms with Gasteiger partial charge in [0, 0.05) is 11.9 Å². The number of nitrogens with zero attached hydrogens (tertiary/aromatic N) is 2. The maximum Gasteiger partial charge on any atom is 0.573 e. The van der Waals surface area contributed by atoms with E-state index in [1.54, 1.807) is 24.3 Å². The van der Waals surface area contributed by atoms with Gasteiger partial charge in [0.05, 0.1) is 6.54 Å². The van der Waals surface area contributed by atoms with Crippen LogP contribution >= 0.6 is 0 Å². The Labute approximate surface area is 179 Å². The van der Waals surface area contributed by atoms with E-state index in [0.29, 0.717) is 5.75 Å². The molecule has 2 aromatic carbocycles. The molecule has 0 radical (unpaired) electrons. The maximum atomic E-state index is 12.2. The van der Waals surface area contributed by atoms with E-state index in [0.717, 1.165) is 12.1 Å². The normalized spacial score (nSPS) is 11.0. The third-order valence-electron chi connectivity index (χ3n) is 3.90. The maximum absolute atomic E-state index is 12.2. The Morgan fingerprint density at radius 2 is 1.69 bits per heavy atom. The number of carbonyl (C=O) groups excluding carboxylic acids is 1. The average molecular weight is 450 g/mol. The first-order chi connectivity index (χ1) is 15.2. The Bertz CT molecular complexity index is 1070. The van der Waals surface area contributed by atoms with E-state index in [1.165, 1.54) is 22.9 Å². The summed E-state index contributed by atoms with van der Waals surface area (Å²) < 4.78 is 47.2. The third kappa shape index (κ3) is 6.65. The van der Waals surface area contributed by atoms with Crippen LogP contribution in [0.2, 0.25) is 0 Å². The Morgan fingerprint density at radius 3 is 2.31 bits per heavy atom. The number of aromatic carboxylic acids is 1. The number of hydrogen-bond donors (Lipinski definition) is 3. The van der Waals surface area contributed by atoms with Crippen molar-refractivity contribution in [3.05, 3.63) is 66.6 Å². The molecule has 1 heterocycles. The summed E-state index contributed by atoms with van der Waals surface area (Å²) in [6, 6.07) is 12.7. The van der Waals surface area contributed by atoms with Crippen molar-refractivity contribution in [3.8, 4) is 11.5 Å². The molecule has 0 fully saturated rings. The monoisotopic (exact) mass is 450 g/mol. The first-order valence-electron chi connectivity index (χ1n) is 9.12. The minimum Gasteiger partial charge on any atom is -0.492 e. The number of aromatic nitrogens is 2. The van der Waals surface area contributed by atoms with Crippen LogP contribution in [-0.4, -0.2) is 39.6 Å². The molecule has 32 heavy (non-hydrogen) atoms. The molecule has 1 aromatic heterocycles. The second-order valence-electron chi connectivity index (χ2n) is 6.26. The second-order valence-corrected chi connectivity index (χ2v) is 6.26. The highest BCUT2D eigenvalue weighted by molar-refractivity contribution is 5.99. The SMILES string of the molecule is O=C(Nc1ccc(OC(F)(F)F)cc1)Nc1cn(CCOc2ccccc2)c(C(=O)O)n1. The molecule has 0 atom stereocenters. The number of ether oxygens (including phenoxy) is 2. The number of halogens is 3. The smallest absolute Gasteiger partial charge is 0.492 e. The zero-order valence-corrected chi connectivity index (χ0v) is 16.3. The molecule has 9 nitrogen and oxygen atoms in total. The number of amides is 2. The Morgan fingerprint density at radius 1 is 1.00 bits per heavy atom. The second kappa shape index (κ2) is 9.73. The fourth-order valence-corrected chi connectivity index (χ4v) is 2.61. The predicted molar refractivity (Wildman–Crippen MR) is 107 cm³/mol. The van der Waals surface area contributed by atoms with Gasteiger partial charge in [0.15, 0.2) is 5.82 Å². The zero-order chi connectivity index (χ0) is 23.1.